The fraction of sp³-hybridized carbons (Fsp3) is 0.438. The predicted octanol–water partition coefficient (Wildman–Crippen LogP) is 6.34. The number of hydrogen-bond acceptors (Lipinski definition) is 4. The van der Waals surface area contributed by atoms with Crippen LogP contribution in [0.25, 0.3) is 0 Å². The molecule has 1 aliphatic rings. The van der Waals surface area contributed by atoms with Gasteiger partial charge in [0.1, 0.15) is 5.75 Å². The summed E-state index contributed by atoms with van der Waals surface area (Å²) in [6.07, 6.45) is 2.06. The second kappa shape index (κ2) is 14.2. The first-order valence-electron chi connectivity index (χ1n) is 14.3. The quantitative estimate of drug-likeness (QED) is 0.257. The van der Waals surface area contributed by atoms with E-state index >= 15 is 4.57 Å². The van der Waals surface area contributed by atoms with Gasteiger partial charge >= 0.3 is 7.67 Å². The molecular formula is C32H43N2O4P. The molecule has 0 amide bonds. The van der Waals surface area contributed by atoms with Gasteiger partial charge in [-0.1, -0.05) is 106 Å². The van der Waals surface area contributed by atoms with E-state index in [2.05, 4.69) is 13.8 Å². The maximum absolute atomic E-state index is 15.6. The first kappa shape index (κ1) is 29.5. The van der Waals surface area contributed by atoms with Crippen molar-refractivity contribution in [2.45, 2.75) is 76.7 Å². The number of aliphatic hydroxyl groups excluding tert-OH is 2. The molecule has 0 aliphatic carbocycles. The Morgan fingerprint density at radius 1 is 0.667 bits per heavy atom. The molecule has 39 heavy (non-hydrogen) atoms. The summed E-state index contributed by atoms with van der Waals surface area (Å²) in [5.41, 5.74) is 2.03. The molecule has 1 fully saturated rings. The summed E-state index contributed by atoms with van der Waals surface area (Å²) in [5.74, 6) is 0.520. The molecule has 6 nitrogen and oxygen atoms in total. The van der Waals surface area contributed by atoms with Crippen LogP contribution in [0, 0.1) is 0 Å². The van der Waals surface area contributed by atoms with Gasteiger partial charge in [-0.3, -0.25) is 0 Å². The van der Waals surface area contributed by atoms with Gasteiger partial charge in [0.15, 0.2) is 0 Å². The van der Waals surface area contributed by atoms with Crippen molar-refractivity contribution >= 4 is 7.67 Å². The molecular weight excluding hydrogens is 507 g/mol. The van der Waals surface area contributed by atoms with Crippen molar-refractivity contribution in [3.05, 3.63) is 102 Å². The molecule has 0 radical (unpaired) electrons. The average molecular weight is 551 g/mol. The molecule has 1 saturated heterocycles. The summed E-state index contributed by atoms with van der Waals surface area (Å²) < 4.78 is 25.9. The lowest BCUT2D eigenvalue weighted by Gasteiger charge is -2.41. The zero-order valence-corrected chi connectivity index (χ0v) is 24.1. The first-order valence-corrected chi connectivity index (χ1v) is 15.8. The summed E-state index contributed by atoms with van der Waals surface area (Å²) in [4.78, 5) is 0. The predicted molar refractivity (Wildman–Crippen MR) is 158 cm³/mol. The number of nitrogens with zero attached hydrogens (tertiary/aromatic N) is 2. The fourth-order valence-corrected chi connectivity index (χ4v) is 8.32. The number of rotatable bonds is 12. The fourth-order valence-electron chi connectivity index (χ4n) is 5.44. The van der Waals surface area contributed by atoms with Gasteiger partial charge in [0, 0.05) is 13.1 Å². The molecule has 7 heteroatoms. The highest BCUT2D eigenvalue weighted by Gasteiger charge is 2.54. The van der Waals surface area contributed by atoms with Crippen LogP contribution in [0.5, 0.6) is 5.75 Å². The normalized spacial score (nSPS) is 26.3. The maximum Gasteiger partial charge on any atom is 0.396 e. The summed E-state index contributed by atoms with van der Waals surface area (Å²) in [7, 11) is -3.77. The molecule has 4 atom stereocenters. The van der Waals surface area contributed by atoms with E-state index in [1.54, 1.807) is 0 Å². The van der Waals surface area contributed by atoms with Gasteiger partial charge in [0.05, 0.1) is 24.3 Å². The van der Waals surface area contributed by atoms with E-state index in [-0.39, 0.29) is 0 Å². The summed E-state index contributed by atoms with van der Waals surface area (Å²) in [6.45, 7) is 5.18. The van der Waals surface area contributed by atoms with Crippen molar-refractivity contribution in [1.82, 2.24) is 9.34 Å². The van der Waals surface area contributed by atoms with Gasteiger partial charge in [-0.05, 0) is 48.9 Å². The average Bonchev–Trinajstić information content (AvgIpc) is 3.01. The summed E-state index contributed by atoms with van der Waals surface area (Å²) >= 11 is 0. The van der Waals surface area contributed by atoms with E-state index in [4.69, 9.17) is 4.52 Å². The third-order valence-corrected chi connectivity index (χ3v) is 10.3. The van der Waals surface area contributed by atoms with Crippen molar-refractivity contribution < 1.29 is 19.3 Å². The van der Waals surface area contributed by atoms with Crippen LogP contribution in [-0.2, 0) is 17.4 Å². The van der Waals surface area contributed by atoms with Gasteiger partial charge in [-0.2, -0.15) is 0 Å². The van der Waals surface area contributed by atoms with Crippen LogP contribution in [0.1, 0.15) is 50.7 Å². The van der Waals surface area contributed by atoms with Gasteiger partial charge in [-0.25, -0.2) is 13.9 Å². The Morgan fingerprint density at radius 3 is 1.44 bits per heavy atom. The molecule has 210 valence electrons. The lowest BCUT2D eigenvalue weighted by atomic mass is 9.91. The van der Waals surface area contributed by atoms with Crippen LogP contribution >= 0.6 is 7.67 Å². The van der Waals surface area contributed by atoms with Gasteiger partial charge in [0.2, 0.25) is 0 Å². The van der Waals surface area contributed by atoms with E-state index in [1.165, 1.54) is 0 Å². The third-order valence-electron chi connectivity index (χ3n) is 7.58. The summed E-state index contributed by atoms with van der Waals surface area (Å²) in [5, 5.41) is 23.7. The standard InChI is InChI=1S/C32H43N2O4P/c1-3-5-22-33-29(24-26-16-10-7-11-17-26)31(35)32(36)30(25-27-18-12-8-13-19-27)34(23-6-4-2)39(33,37)38-28-20-14-9-15-21-28/h7-21,29-32,35-36H,3-6,22-25H2,1-2H3/t29-,30-,31+,32+/m1/s1. The third kappa shape index (κ3) is 7.19. The van der Waals surface area contributed by atoms with Crippen LogP contribution in [0.4, 0.5) is 0 Å². The Hall–Kier alpha value is -2.47. The highest BCUT2D eigenvalue weighted by molar-refractivity contribution is 7.54. The molecule has 1 heterocycles. The minimum atomic E-state index is -3.77. The first-order chi connectivity index (χ1) is 19.0. The van der Waals surface area contributed by atoms with Crippen LogP contribution in [0.2, 0.25) is 0 Å². The van der Waals surface area contributed by atoms with E-state index in [0.29, 0.717) is 31.7 Å². The zero-order valence-electron chi connectivity index (χ0n) is 23.2. The lowest BCUT2D eigenvalue weighted by molar-refractivity contribution is -0.0396. The number of para-hydroxylation sites is 1. The van der Waals surface area contributed by atoms with Crippen LogP contribution in [0.3, 0.4) is 0 Å². The number of aliphatic hydroxyl groups is 2. The molecule has 1 aliphatic heterocycles. The van der Waals surface area contributed by atoms with Gasteiger partial charge in [-0.15, -0.1) is 0 Å². The van der Waals surface area contributed by atoms with Crippen LogP contribution in [-0.4, -0.2) is 56.9 Å². The minimum Gasteiger partial charge on any atom is -0.422 e. The maximum atomic E-state index is 15.6. The molecule has 2 N–H and O–H groups in total. The number of unbranched alkanes of at least 4 members (excludes halogenated alkanes) is 2. The smallest absolute Gasteiger partial charge is 0.396 e. The highest BCUT2D eigenvalue weighted by atomic mass is 31.2. The zero-order chi connectivity index (χ0) is 27.7. The van der Waals surface area contributed by atoms with Gasteiger partial charge < -0.3 is 14.7 Å². The van der Waals surface area contributed by atoms with Crippen LogP contribution < -0.4 is 4.52 Å². The topological polar surface area (TPSA) is 73.2 Å². The van der Waals surface area contributed by atoms with Crippen molar-refractivity contribution in [2.24, 2.45) is 0 Å². The van der Waals surface area contributed by atoms with E-state index in [9.17, 15) is 10.2 Å². The largest absolute Gasteiger partial charge is 0.422 e. The SMILES string of the molecule is CCCCN1[C@H](Cc2ccccc2)[C@H](O)[C@@H](O)[C@@H](Cc2ccccc2)N(CCCC)P1(=O)Oc1ccccc1. The van der Waals surface area contributed by atoms with Gasteiger partial charge in [0.25, 0.3) is 0 Å². The number of hydrogen-bond donors (Lipinski definition) is 2. The second-order valence-corrected chi connectivity index (χ2v) is 12.6. The second-order valence-electron chi connectivity index (χ2n) is 10.4. The van der Waals surface area contributed by atoms with E-state index in [1.807, 2.05) is 100 Å². The Balaban J connectivity index is 1.87. The lowest BCUT2D eigenvalue weighted by Crippen LogP contribution is -2.50. The molecule has 0 spiro atoms. The Labute approximate surface area is 233 Å². The Bertz CT molecular complexity index is 1100. The summed E-state index contributed by atoms with van der Waals surface area (Å²) in [6, 6.07) is 28.0. The number of benzene rings is 3. The Kier molecular flexibility index (Phi) is 10.8. The van der Waals surface area contributed by atoms with Crippen molar-refractivity contribution in [3.8, 4) is 5.75 Å². The van der Waals surface area contributed by atoms with E-state index in [0.717, 1.165) is 36.8 Å². The molecule has 0 saturated carbocycles. The minimum absolute atomic E-state index is 0.449. The molecule has 3 aromatic rings. The molecule has 0 unspecified atom stereocenters. The molecule has 0 bridgehead atoms. The van der Waals surface area contributed by atoms with Crippen molar-refractivity contribution in [3.63, 3.8) is 0 Å². The van der Waals surface area contributed by atoms with Crippen molar-refractivity contribution in [1.29, 1.82) is 0 Å². The molecule has 0 aromatic heterocycles. The van der Waals surface area contributed by atoms with Crippen molar-refractivity contribution in [2.75, 3.05) is 13.1 Å². The van der Waals surface area contributed by atoms with E-state index < -0.39 is 32.0 Å². The Morgan fingerprint density at radius 2 is 1.05 bits per heavy atom. The van der Waals surface area contributed by atoms with Crippen LogP contribution in [0.15, 0.2) is 91.0 Å². The molecule has 4 rings (SSSR count). The molecule has 3 aromatic carbocycles. The highest BCUT2D eigenvalue weighted by Crippen LogP contribution is 2.59. The monoisotopic (exact) mass is 550 g/mol.